The highest BCUT2D eigenvalue weighted by Gasteiger charge is 2.52. The minimum atomic E-state index is -0.162. The summed E-state index contributed by atoms with van der Waals surface area (Å²) >= 11 is 0. The molecule has 1 fully saturated rings. The van der Waals surface area contributed by atoms with Crippen molar-refractivity contribution in [3.05, 3.63) is 12.2 Å². The summed E-state index contributed by atoms with van der Waals surface area (Å²) in [6, 6.07) is 0. The first-order valence-corrected chi connectivity index (χ1v) is 7.08. The second-order valence-corrected chi connectivity index (χ2v) is 4.95. The zero-order valence-electron chi connectivity index (χ0n) is 11.5. The summed E-state index contributed by atoms with van der Waals surface area (Å²) in [6.45, 7) is 6.42. The third kappa shape index (κ3) is 3.34. The van der Waals surface area contributed by atoms with Crippen molar-refractivity contribution in [2.75, 3.05) is 0 Å². The number of carbonyl (C=O) groups excluding carboxylic acids is 1. The number of unbranched alkanes of at least 4 members (excludes halogenated alkanes) is 3. The van der Waals surface area contributed by atoms with E-state index in [2.05, 4.69) is 32.9 Å². The number of carbonyl (C=O) groups is 1. The molecule has 0 radical (unpaired) electrons. The highest BCUT2D eigenvalue weighted by atomic mass is 16.6. The van der Waals surface area contributed by atoms with Crippen molar-refractivity contribution in [3.8, 4) is 0 Å². The molecule has 0 saturated carbocycles. The average molecular weight is 238 g/mol. The van der Waals surface area contributed by atoms with Crippen LogP contribution in [0.5, 0.6) is 0 Å². The Kier molecular flexibility index (Phi) is 5.73. The van der Waals surface area contributed by atoms with Crippen LogP contribution in [0.2, 0.25) is 0 Å². The lowest BCUT2D eigenvalue weighted by Crippen LogP contribution is -2.56. The fourth-order valence-corrected chi connectivity index (χ4v) is 2.56. The molecule has 1 unspecified atom stereocenters. The standard InChI is InChI=1S/C15H26O2/c1-4-7-8-9-10-11-12-13-14(16)17-15(13,5-2)6-3/h10-11,13H,4-9,12H2,1-3H3/b11-10+. The number of esters is 1. The summed E-state index contributed by atoms with van der Waals surface area (Å²) in [5, 5.41) is 0. The molecule has 98 valence electrons. The SMILES string of the molecule is CCCCC/C=C/CC1C(=O)OC1(CC)CC. The number of ether oxygens (including phenoxy) is 1. The van der Waals surface area contributed by atoms with E-state index >= 15 is 0 Å². The van der Waals surface area contributed by atoms with Crippen LogP contribution in [0, 0.1) is 5.92 Å². The number of cyclic esters (lactones) is 1. The van der Waals surface area contributed by atoms with E-state index in [-0.39, 0.29) is 17.5 Å². The van der Waals surface area contributed by atoms with Crippen LogP contribution in [0.4, 0.5) is 0 Å². The molecule has 2 nitrogen and oxygen atoms in total. The molecule has 1 aliphatic rings. The third-order valence-corrected chi connectivity index (χ3v) is 3.93. The van der Waals surface area contributed by atoms with Gasteiger partial charge in [0, 0.05) is 0 Å². The van der Waals surface area contributed by atoms with Gasteiger partial charge < -0.3 is 4.74 Å². The van der Waals surface area contributed by atoms with E-state index in [1.165, 1.54) is 19.3 Å². The summed E-state index contributed by atoms with van der Waals surface area (Å²) in [6.07, 6.45) is 12.1. The van der Waals surface area contributed by atoms with E-state index in [0.29, 0.717) is 0 Å². The minimum absolute atomic E-state index is 0.00749. The lowest BCUT2D eigenvalue weighted by Gasteiger charge is -2.46. The van der Waals surface area contributed by atoms with Crippen LogP contribution in [0.3, 0.4) is 0 Å². The first-order chi connectivity index (χ1) is 8.20. The maximum Gasteiger partial charge on any atom is 0.313 e. The quantitative estimate of drug-likeness (QED) is 0.359. The number of rotatable bonds is 8. The molecule has 0 aromatic carbocycles. The summed E-state index contributed by atoms with van der Waals surface area (Å²) in [7, 11) is 0. The Morgan fingerprint density at radius 1 is 1.18 bits per heavy atom. The second kappa shape index (κ2) is 6.83. The fraction of sp³-hybridized carbons (Fsp3) is 0.800. The van der Waals surface area contributed by atoms with Crippen LogP contribution in [0.15, 0.2) is 12.2 Å². The molecule has 0 aromatic heterocycles. The van der Waals surface area contributed by atoms with Crippen LogP contribution in [0.1, 0.15) is 65.7 Å². The highest BCUT2D eigenvalue weighted by molar-refractivity contribution is 5.80. The molecule has 0 N–H and O–H groups in total. The Balaban J connectivity index is 2.32. The maximum absolute atomic E-state index is 11.5. The van der Waals surface area contributed by atoms with Gasteiger partial charge in [-0.1, -0.05) is 45.8 Å². The zero-order chi connectivity index (χ0) is 12.7. The molecule has 0 amide bonds. The lowest BCUT2D eigenvalue weighted by molar-refractivity contribution is -0.214. The Morgan fingerprint density at radius 3 is 2.41 bits per heavy atom. The number of allylic oxidation sites excluding steroid dienone is 2. The second-order valence-electron chi connectivity index (χ2n) is 4.95. The van der Waals surface area contributed by atoms with E-state index in [1.54, 1.807) is 0 Å². The smallest absolute Gasteiger partial charge is 0.313 e. The van der Waals surface area contributed by atoms with E-state index in [9.17, 15) is 4.79 Å². The zero-order valence-corrected chi connectivity index (χ0v) is 11.5. The van der Waals surface area contributed by atoms with Gasteiger partial charge in [-0.15, -0.1) is 0 Å². The molecule has 17 heavy (non-hydrogen) atoms. The van der Waals surface area contributed by atoms with Gasteiger partial charge >= 0.3 is 5.97 Å². The number of hydrogen-bond acceptors (Lipinski definition) is 2. The van der Waals surface area contributed by atoms with Crippen molar-refractivity contribution < 1.29 is 9.53 Å². The average Bonchev–Trinajstić information content (AvgIpc) is 2.34. The predicted molar refractivity (Wildman–Crippen MR) is 70.8 cm³/mol. The molecular weight excluding hydrogens is 212 g/mol. The largest absolute Gasteiger partial charge is 0.458 e. The van der Waals surface area contributed by atoms with Crippen LogP contribution >= 0.6 is 0 Å². The van der Waals surface area contributed by atoms with Crippen molar-refractivity contribution in [2.24, 2.45) is 5.92 Å². The van der Waals surface area contributed by atoms with Gasteiger partial charge in [0.25, 0.3) is 0 Å². The van der Waals surface area contributed by atoms with Crippen molar-refractivity contribution in [3.63, 3.8) is 0 Å². The maximum atomic E-state index is 11.5. The molecule has 1 aliphatic heterocycles. The Morgan fingerprint density at radius 2 is 1.88 bits per heavy atom. The van der Waals surface area contributed by atoms with E-state index < -0.39 is 0 Å². The van der Waals surface area contributed by atoms with Crippen molar-refractivity contribution in [1.82, 2.24) is 0 Å². The van der Waals surface area contributed by atoms with Crippen LogP contribution < -0.4 is 0 Å². The van der Waals surface area contributed by atoms with Crippen molar-refractivity contribution >= 4 is 5.97 Å². The minimum Gasteiger partial charge on any atom is -0.458 e. The topological polar surface area (TPSA) is 26.3 Å². The van der Waals surface area contributed by atoms with Crippen molar-refractivity contribution in [1.29, 1.82) is 0 Å². The highest BCUT2D eigenvalue weighted by Crippen LogP contribution is 2.42. The summed E-state index contributed by atoms with van der Waals surface area (Å²) in [5.41, 5.74) is -0.162. The predicted octanol–water partition coefficient (Wildman–Crippen LogP) is 4.24. The molecule has 2 heteroatoms. The molecule has 0 aromatic rings. The van der Waals surface area contributed by atoms with Gasteiger partial charge in [0.15, 0.2) is 0 Å². The van der Waals surface area contributed by atoms with Gasteiger partial charge in [0.2, 0.25) is 0 Å². The molecule has 0 aliphatic carbocycles. The van der Waals surface area contributed by atoms with Crippen LogP contribution in [0.25, 0.3) is 0 Å². The summed E-state index contributed by atoms with van der Waals surface area (Å²) < 4.78 is 5.36. The van der Waals surface area contributed by atoms with E-state index in [0.717, 1.165) is 25.7 Å². The molecular formula is C15H26O2. The van der Waals surface area contributed by atoms with Gasteiger partial charge in [-0.3, -0.25) is 4.79 Å². The van der Waals surface area contributed by atoms with Gasteiger partial charge in [-0.25, -0.2) is 0 Å². The molecule has 0 bridgehead atoms. The summed E-state index contributed by atoms with van der Waals surface area (Å²) in [5.74, 6) is 0.0897. The van der Waals surface area contributed by atoms with Gasteiger partial charge in [0.1, 0.15) is 11.5 Å². The molecule has 1 rings (SSSR count). The van der Waals surface area contributed by atoms with E-state index in [4.69, 9.17) is 4.74 Å². The molecule has 0 spiro atoms. The van der Waals surface area contributed by atoms with Crippen LogP contribution in [-0.4, -0.2) is 11.6 Å². The number of hydrogen-bond donors (Lipinski definition) is 0. The first-order valence-electron chi connectivity index (χ1n) is 7.08. The molecule has 1 heterocycles. The van der Waals surface area contributed by atoms with Gasteiger partial charge in [0.05, 0.1) is 0 Å². The Bertz CT molecular complexity index is 264. The Labute approximate surface area is 105 Å². The van der Waals surface area contributed by atoms with Crippen molar-refractivity contribution in [2.45, 2.75) is 71.3 Å². The summed E-state index contributed by atoms with van der Waals surface area (Å²) in [4.78, 5) is 11.5. The first kappa shape index (κ1) is 14.3. The molecule has 1 saturated heterocycles. The Hall–Kier alpha value is -0.790. The van der Waals surface area contributed by atoms with Crippen LogP contribution in [-0.2, 0) is 9.53 Å². The monoisotopic (exact) mass is 238 g/mol. The normalized spacial score (nSPS) is 22.5. The third-order valence-electron chi connectivity index (χ3n) is 3.93. The van der Waals surface area contributed by atoms with Gasteiger partial charge in [-0.2, -0.15) is 0 Å². The fourth-order valence-electron chi connectivity index (χ4n) is 2.56. The van der Waals surface area contributed by atoms with Gasteiger partial charge in [-0.05, 0) is 32.1 Å². The lowest BCUT2D eigenvalue weighted by atomic mass is 9.76. The molecule has 1 atom stereocenters. The van der Waals surface area contributed by atoms with E-state index in [1.807, 2.05) is 0 Å².